The Balaban J connectivity index is 2.02. The molecule has 0 aliphatic heterocycles. The smallest absolute Gasteiger partial charge is 0.341 e. The van der Waals surface area contributed by atoms with Gasteiger partial charge in [0.2, 0.25) is 0 Å². The number of hydrogen-bond donors (Lipinski definition) is 2. The number of nitro benzene ring substituents is 1. The number of urea groups is 1. The number of amides is 3. The molecule has 0 unspecified atom stereocenters. The highest BCUT2D eigenvalue weighted by atomic mass is 16.6. The summed E-state index contributed by atoms with van der Waals surface area (Å²) in [7, 11) is 3.34. The largest absolute Gasteiger partial charge is 0.449 e. The van der Waals surface area contributed by atoms with Crippen molar-refractivity contribution in [1.82, 2.24) is 10.6 Å². The molecule has 1 aliphatic rings. The number of hydrogen-bond acceptors (Lipinski definition) is 7. The van der Waals surface area contributed by atoms with Crippen molar-refractivity contribution in [3.05, 3.63) is 33.9 Å². The van der Waals surface area contributed by atoms with Crippen LogP contribution >= 0.6 is 0 Å². The summed E-state index contributed by atoms with van der Waals surface area (Å²) in [4.78, 5) is 48.4. The molecule has 0 saturated heterocycles. The lowest BCUT2D eigenvalue weighted by Crippen LogP contribution is -2.47. The van der Waals surface area contributed by atoms with Crippen molar-refractivity contribution in [2.45, 2.75) is 44.8 Å². The number of esters is 1. The van der Waals surface area contributed by atoms with Crippen LogP contribution in [0.1, 0.15) is 43.0 Å². The van der Waals surface area contributed by atoms with Crippen LogP contribution in [0.3, 0.4) is 0 Å². The second-order valence-corrected chi connectivity index (χ2v) is 6.84. The Kier molecular flexibility index (Phi) is 6.91. The van der Waals surface area contributed by atoms with Crippen LogP contribution in [0, 0.1) is 10.1 Å². The van der Waals surface area contributed by atoms with E-state index in [0.29, 0.717) is 5.69 Å². The third-order valence-corrected chi connectivity index (χ3v) is 4.47. The first kappa shape index (κ1) is 21.1. The van der Waals surface area contributed by atoms with Gasteiger partial charge in [-0.3, -0.25) is 20.2 Å². The first-order chi connectivity index (χ1) is 13.2. The highest BCUT2D eigenvalue weighted by Crippen LogP contribution is 2.25. The van der Waals surface area contributed by atoms with Crippen molar-refractivity contribution in [1.29, 1.82) is 0 Å². The summed E-state index contributed by atoms with van der Waals surface area (Å²) in [5.41, 5.74) is 0.0852. The molecule has 1 aromatic carbocycles. The van der Waals surface area contributed by atoms with E-state index in [1.807, 2.05) is 0 Å². The Morgan fingerprint density at radius 2 is 1.89 bits per heavy atom. The molecule has 152 valence electrons. The second-order valence-electron chi connectivity index (χ2n) is 6.84. The maximum absolute atomic E-state index is 12.5. The molecule has 2 N–H and O–H groups in total. The van der Waals surface area contributed by atoms with Crippen LogP contribution in [-0.2, 0) is 9.53 Å². The summed E-state index contributed by atoms with van der Waals surface area (Å²) in [6.45, 7) is 1.32. The van der Waals surface area contributed by atoms with E-state index in [1.165, 1.54) is 19.1 Å². The number of rotatable bonds is 6. The second kappa shape index (κ2) is 9.16. The molecule has 10 heteroatoms. The van der Waals surface area contributed by atoms with Crippen molar-refractivity contribution in [3.63, 3.8) is 0 Å². The number of ether oxygens (including phenoxy) is 1. The van der Waals surface area contributed by atoms with Gasteiger partial charge in [0.15, 0.2) is 6.10 Å². The summed E-state index contributed by atoms with van der Waals surface area (Å²) in [5, 5.41) is 15.8. The van der Waals surface area contributed by atoms with Crippen LogP contribution in [0.2, 0.25) is 0 Å². The molecule has 3 amide bonds. The van der Waals surface area contributed by atoms with Crippen molar-refractivity contribution in [2.24, 2.45) is 0 Å². The molecular formula is C18H24N4O6. The van der Waals surface area contributed by atoms with E-state index in [0.717, 1.165) is 31.7 Å². The summed E-state index contributed by atoms with van der Waals surface area (Å²) in [5.74, 6) is -1.67. The molecule has 1 aliphatic carbocycles. The first-order valence-electron chi connectivity index (χ1n) is 8.97. The molecule has 0 aromatic heterocycles. The van der Waals surface area contributed by atoms with Crippen molar-refractivity contribution in [2.75, 3.05) is 19.0 Å². The molecular weight excluding hydrogens is 368 g/mol. The van der Waals surface area contributed by atoms with E-state index >= 15 is 0 Å². The molecule has 10 nitrogen and oxygen atoms in total. The maximum Gasteiger partial charge on any atom is 0.341 e. The van der Waals surface area contributed by atoms with E-state index in [-0.39, 0.29) is 17.3 Å². The number of imide groups is 1. The number of carbonyl (C=O) groups excluding carboxylic acids is 3. The fourth-order valence-corrected chi connectivity index (χ4v) is 2.97. The quantitative estimate of drug-likeness (QED) is 0.430. The van der Waals surface area contributed by atoms with Crippen LogP contribution in [0.15, 0.2) is 18.2 Å². The fourth-order valence-electron chi connectivity index (χ4n) is 2.97. The Morgan fingerprint density at radius 3 is 2.46 bits per heavy atom. The minimum absolute atomic E-state index is 0.0400. The van der Waals surface area contributed by atoms with Gasteiger partial charge in [0.25, 0.3) is 11.6 Å². The van der Waals surface area contributed by atoms with Crippen molar-refractivity contribution in [3.8, 4) is 0 Å². The standard InChI is InChI=1S/C18H24N4O6/c1-11(16(23)20-18(25)19-12-6-4-5-7-12)28-17(24)14-10-13(22(26)27)8-9-15(14)21(2)3/h8-12H,4-7H2,1-3H3,(H2,19,20,23,25)/t11-/m1/s1. The van der Waals surface area contributed by atoms with E-state index in [1.54, 1.807) is 19.0 Å². The number of non-ortho nitro benzene ring substituents is 1. The number of nitro groups is 1. The van der Waals surface area contributed by atoms with Crippen LogP contribution in [0.5, 0.6) is 0 Å². The zero-order valence-corrected chi connectivity index (χ0v) is 16.1. The molecule has 28 heavy (non-hydrogen) atoms. The van der Waals surface area contributed by atoms with Gasteiger partial charge in [-0.15, -0.1) is 0 Å². The summed E-state index contributed by atoms with van der Waals surface area (Å²) in [6.07, 6.45) is 2.55. The van der Waals surface area contributed by atoms with Crippen LogP contribution < -0.4 is 15.5 Å². The number of nitrogens with one attached hydrogen (secondary N) is 2. The lowest BCUT2D eigenvalue weighted by Gasteiger charge is -2.19. The highest BCUT2D eigenvalue weighted by molar-refractivity contribution is 6.00. The highest BCUT2D eigenvalue weighted by Gasteiger charge is 2.25. The molecule has 0 radical (unpaired) electrons. The summed E-state index contributed by atoms with van der Waals surface area (Å²) >= 11 is 0. The molecule has 1 saturated carbocycles. The van der Waals surface area contributed by atoms with Crippen LogP contribution in [0.25, 0.3) is 0 Å². The topological polar surface area (TPSA) is 131 Å². The number of carbonyl (C=O) groups is 3. The van der Waals surface area contributed by atoms with E-state index in [2.05, 4.69) is 10.6 Å². The fraction of sp³-hybridized carbons (Fsp3) is 0.500. The third kappa shape index (κ3) is 5.41. The molecule has 0 bridgehead atoms. The maximum atomic E-state index is 12.5. The number of anilines is 1. The number of nitrogens with zero attached hydrogens (tertiary/aromatic N) is 2. The molecule has 1 atom stereocenters. The van der Waals surface area contributed by atoms with Gasteiger partial charge in [-0.25, -0.2) is 9.59 Å². The van der Waals surface area contributed by atoms with E-state index in [4.69, 9.17) is 4.74 Å². The predicted molar refractivity (Wildman–Crippen MR) is 101 cm³/mol. The normalized spacial score (nSPS) is 14.8. The zero-order valence-electron chi connectivity index (χ0n) is 16.1. The van der Waals surface area contributed by atoms with Crippen LogP contribution in [0.4, 0.5) is 16.2 Å². The minimum atomic E-state index is -1.25. The predicted octanol–water partition coefficient (Wildman–Crippen LogP) is 1.97. The van der Waals surface area contributed by atoms with Gasteiger partial charge in [-0.1, -0.05) is 12.8 Å². The van der Waals surface area contributed by atoms with E-state index < -0.39 is 28.9 Å². The summed E-state index contributed by atoms with van der Waals surface area (Å²) in [6, 6.07) is 3.20. The molecule has 2 rings (SSSR count). The molecule has 0 spiro atoms. The van der Waals surface area contributed by atoms with Gasteiger partial charge in [0.1, 0.15) is 0 Å². The third-order valence-electron chi connectivity index (χ3n) is 4.47. The Bertz CT molecular complexity index is 773. The lowest BCUT2D eigenvalue weighted by atomic mass is 10.1. The van der Waals surface area contributed by atoms with Gasteiger partial charge < -0.3 is 15.0 Å². The van der Waals surface area contributed by atoms with Crippen LogP contribution in [-0.4, -0.2) is 49.1 Å². The van der Waals surface area contributed by atoms with Gasteiger partial charge in [-0.2, -0.15) is 0 Å². The zero-order chi connectivity index (χ0) is 20.8. The van der Waals surface area contributed by atoms with E-state index in [9.17, 15) is 24.5 Å². The Morgan fingerprint density at radius 1 is 1.25 bits per heavy atom. The van der Waals surface area contributed by atoms with Gasteiger partial charge in [-0.05, 0) is 25.8 Å². The van der Waals surface area contributed by atoms with Crippen molar-refractivity contribution >= 4 is 29.3 Å². The van der Waals surface area contributed by atoms with Gasteiger partial charge >= 0.3 is 12.0 Å². The minimum Gasteiger partial charge on any atom is -0.449 e. The van der Waals surface area contributed by atoms with Gasteiger partial charge in [0, 0.05) is 32.3 Å². The van der Waals surface area contributed by atoms with Crippen molar-refractivity contribution < 1.29 is 24.0 Å². The molecule has 0 heterocycles. The monoisotopic (exact) mass is 392 g/mol. The first-order valence-corrected chi connectivity index (χ1v) is 8.97. The van der Waals surface area contributed by atoms with Gasteiger partial charge in [0.05, 0.1) is 16.2 Å². The average Bonchev–Trinajstić information content (AvgIpc) is 3.13. The number of benzene rings is 1. The lowest BCUT2D eigenvalue weighted by molar-refractivity contribution is -0.384. The molecule has 1 aromatic rings. The summed E-state index contributed by atoms with van der Waals surface area (Å²) < 4.78 is 5.11. The average molecular weight is 392 g/mol. The Hall–Kier alpha value is -3.17. The SMILES string of the molecule is C[C@@H](OC(=O)c1cc([N+](=O)[O-])ccc1N(C)C)C(=O)NC(=O)NC1CCCC1. The molecule has 1 fully saturated rings. The Labute approximate surface area is 162 Å².